The smallest absolute Gasteiger partial charge is 0.237 e. The molecular weight excluding hydrogens is 204 g/mol. The summed E-state index contributed by atoms with van der Waals surface area (Å²) >= 11 is 0. The molecule has 1 heterocycles. The molecule has 1 rings (SSSR count). The minimum atomic E-state index is -0.0113. The van der Waals surface area contributed by atoms with E-state index in [0.29, 0.717) is 12.5 Å². The number of carbonyl (C=O) groups excluding carboxylic acids is 1. The van der Waals surface area contributed by atoms with Crippen LogP contribution in [0.5, 0.6) is 0 Å². The minimum absolute atomic E-state index is 0.0113. The minimum Gasteiger partial charge on any atom is -0.380 e. The maximum absolute atomic E-state index is 11.9. The van der Waals surface area contributed by atoms with Gasteiger partial charge in [0.15, 0.2) is 0 Å². The van der Waals surface area contributed by atoms with Gasteiger partial charge in [0.05, 0.1) is 12.1 Å². The molecular formula is C12H24N2O2. The van der Waals surface area contributed by atoms with E-state index in [1.807, 2.05) is 6.92 Å². The number of hydrogen-bond acceptors (Lipinski definition) is 3. The first kappa shape index (κ1) is 13.5. The van der Waals surface area contributed by atoms with Crippen molar-refractivity contribution in [2.45, 2.75) is 45.3 Å². The Hall–Kier alpha value is -0.610. The van der Waals surface area contributed by atoms with Gasteiger partial charge in [0.2, 0.25) is 5.91 Å². The highest BCUT2D eigenvalue weighted by atomic mass is 16.5. The highest BCUT2D eigenvalue weighted by Crippen LogP contribution is 2.19. The van der Waals surface area contributed by atoms with Crippen molar-refractivity contribution >= 4 is 5.91 Å². The molecule has 1 amide bonds. The van der Waals surface area contributed by atoms with Gasteiger partial charge in [0, 0.05) is 13.7 Å². The number of rotatable bonds is 5. The van der Waals surface area contributed by atoms with Crippen molar-refractivity contribution in [2.24, 2.45) is 5.92 Å². The second kappa shape index (κ2) is 6.86. The van der Waals surface area contributed by atoms with Crippen LogP contribution in [0.15, 0.2) is 0 Å². The summed E-state index contributed by atoms with van der Waals surface area (Å²) in [7, 11) is 1.66. The van der Waals surface area contributed by atoms with Crippen molar-refractivity contribution in [3.8, 4) is 0 Å². The van der Waals surface area contributed by atoms with Crippen LogP contribution in [0.3, 0.4) is 0 Å². The predicted octanol–water partition coefficient (Wildman–Crippen LogP) is 0.916. The van der Waals surface area contributed by atoms with E-state index < -0.39 is 0 Å². The fourth-order valence-corrected chi connectivity index (χ4v) is 2.02. The van der Waals surface area contributed by atoms with Crippen molar-refractivity contribution in [1.82, 2.24) is 10.6 Å². The van der Waals surface area contributed by atoms with Crippen LogP contribution in [0.4, 0.5) is 0 Å². The summed E-state index contributed by atoms with van der Waals surface area (Å²) in [6.07, 6.45) is 3.40. The van der Waals surface area contributed by atoms with Crippen LogP contribution in [-0.4, -0.2) is 38.3 Å². The van der Waals surface area contributed by atoms with Crippen molar-refractivity contribution in [3.05, 3.63) is 0 Å². The van der Waals surface area contributed by atoms with E-state index in [1.54, 1.807) is 7.11 Å². The van der Waals surface area contributed by atoms with Crippen LogP contribution in [0.25, 0.3) is 0 Å². The largest absolute Gasteiger partial charge is 0.380 e. The zero-order valence-electron chi connectivity index (χ0n) is 10.6. The second-order valence-corrected chi connectivity index (χ2v) is 4.60. The number of hydrogen-bond donors (Lipinski definition) is 2. The molecule has 1 aliphatic heterocycles. The number of amides is 1. The monoisotopic (exact) mass is 228 g/mol. The van der Waals surface area contributed by atoms with Gasteiger partial charge >= 0.3 is 0 Å². The van der Waals surface area contributed by atoms with Gasteiger partial charge in [0.1, 0.15) is 0 Å². The molecule has 3 unspecified atom stereocenters. The maximum Gasteiger partial charge on any atom is 0.237 e. The molecule has 4 heteroatoms. The summed E-state index contributed by atoms with van der Waals surface area (Å²) in [6, 6.07) is -0.0113. The molecule has 0 saturated carbocycles. The van der Waals surface area contributed by atoms with Crippen LogP contribution in [0.1, 0.15) is 33.1 Å². The number of nitrogens with one attached hydrogen (secondary N) is 2. The number of ether oxygens (including phenoxy) is 1. The fourth-order valence-electron chi connectivity index (χ4n) is 2.02. The summed E-state index contributed by atoms with van der Waals surface area (Å²) in [5, 5.41) is 6.19. The van der Waals surface area contributed by atoms with Gasteiger partial charge < -0.3 is 15.4 Å². The summed E-state index contributed by atoms with van der Waals surface area (Å²) < 4.78 is 5.10. The highest BCUT2D eigenvalue weighted by Gasteiger charge is 2.25. The van der Waals surface area contributed by atoms with Gasteiger partial charge in [-0.3, -0.25) is 4.79 Å². The van der Waals surface area contributed by atoms with Crippen LogP contribution < -0.4 is 10.6 Å². The van der Waals surface area contributed by atoms with Gasteiger partial charge in [-0.15, -0.1) is 0 Å². The molecule has 1 saturated heterocycles. The first-order valence-electron chi connectivity index (χ1n) is 6.21. The zero-order chi connectivity index (χ0) is 12.0. The van der Waals surface area contributed by atoms with E-state index in [2.05, 4.69) is 17.6 Å². The lowest BCUT2D eigenvalue weighted by molar-refractivity contribution is -0.124. The van der Waals surface area contributed by atoms with Gasteiger partial charge in [-0.25, -0.2) is 0 Å². The molecule has 94 valence electrons. The lowest BCUT2D eigenvalue weighted by atomic mass is 9.90. The third-order valence-electron chi connectivity index (χ3n) is 3.37. The molecule has 1 fully saturated rings. The van der Waals surface area contributed by atoms with E-state index in [0.717, 1.165) is 13.0 Å². The van der Waals surface area contributed by atoms with Crippen molar-refractivity contribution < 1.29 is 9.53 Å². The molecule has 3 atom stereocenters. The van der Waals surface area contributed by atoms with E-state index in [-0.39, 0.29) is 18.1 Å². The molecule has 0 aromatic carbocycles. The highest BCUT2D eigenvalue weighted by molar-refractivity contribution is 5.81. The second-order valence-electron chi connectivity index (χ2n) is 4.60. The van der Waals surface area contributed by atoms with Crippen LogP contribution >= 0.6 is 0 Å². The van der Waals surface area contributed by atoms with Crippen molar-refractivity contribution in [1.29, 1.82) is 0 Å². The van der Waals surface area contributed by atoms with E-state index >= 15 is 0 Å². The average molecular weight is 228 g/mol. The predicted molar refractivity (Wildman–Crippen MR) is 64.3 cm³/mol. The van der Waals surface area contributed by atoms with Gasteiger partial charge in [-0.1, -0.05) is 13.3 Å². The Kier molecular flexibility index (Phi) is 5.77. The van der Waals surface area contributed by atoms with Crippen LogP contribution in [-0.2, 0) is 9.53 Å². The van der Waals surface area contributed by atoms with E-state index in [9.17, 15) is 4.79 Å². The van der Waals surface area contributed by atoms with Crippen LogP contribution in [0.2, 0.25) is 0 Å². The quantitative estimate of drug-likeness (QED) is 0.735. The molecule has 1 aliphatic rings. The average Bonchev–Trinajstić information content (AvgIpc) is 2.35. The number of carbonyl (C=O) groups is 1. The Morgan fingerprint density at radius 1 is 1.62 bits per heavy atom. The molecule has 0 aliphatic carbocycles. The fraction of sp³-hybridized carbons (Fsp3) is 0.917. The molecule has 16 heavy (non-hydrogen) atoms. The Morgan fingerprint density at radius 3 is 3.00 bits per heavy atom. The maximum atomic E-state index is 11.9. The first-order valence-corrected chi connectivity index (χ1v) is 6.21. The molecule has 0 aromatic heterocycles. The third-order valence-corrected chi connectivity index (χ3v) is 3.37. The van der Waals surface area contributed by atoms with Gasteiger partial charge in [0.25, 0.3) is 0 Å². The van der Waals surface area contributed by atoms with E-state index in [4.69, 9.17) is 4.74 Å². The number of piperidine rings is 1. The van der Waals surface area contributed by atoms with Gasteiger partial charge in [-0.05, 0) is 32.2 Å². The van der Waals surface area contributed by atoms with Crippen molar-refractivity contribution in [2.75, 3.05) is 20.2 Å². The molecule has 0 radical (unpaired) electrons. The molecule has 4 nitrogen and oxygen atoms in total. The lowest BCUT2D eigenvalue weighted by Crippen LogP contribution is -2.49. The van der Waals surface area contributed by atoms with Crippen LogP contribution in [0, 0.1) is 5.92 Å². The number of methoxy groups -OCH3 is 1. The van der Waals surface area contributed by atoms with Crippen molar-refractivity contribution in [3.63, 3.8) is 0 Å². The Labute approximate surface area is 98.1 Å². The lowest BCUT2D eigenvalue weighted by Gasteiger charge is -2.29. The van der Waals surface area contributed by atoms with Gasteiger partial charge in [-0.2, -0.15) is 0 Å². The SMILES string of the molecule is CCC1CCNC(C(=O)NCC(C)OC)C1. The Bertz CT molecular complexity index is 221. The standard InChI is InChI=1S/C12H24N2O2/c1-4-10-5-6-13-11(7-10)12(15)14-8-9(2)16-3/h9-11,13H,4-8H2,1-3H3,(H,14,15). The Morgan fingerprint density at radius 2 is 2.38 bits per heavy atom. The summed E-state index contributed by atoms with van der Waals surface area (Å²) in [6.45, 7) is 5.68. The first-order chi connectivity index (χ1) is 7.67. The molecule has 0 aromatic rings. The topological polar surface area (TPSA) is 50.4 Å². The summed E-state index contributed by atoms with van der Waals surface area (Å²) in [5.41, 5.74) is 0. The summed E-state index contributed by atoms with van der Waals surface area (Å²) in [4.78, 5) is 11.9. The third kappa shape index (κ3) is 4.10. The normalized spacial score (nSPS) is 27.4. The molecule has 0 bridgehead atoms. The molecule has 2 N–H and O–H groups in total. The zero-order valence-corrected chi connectivity index (χ0v) is 10.6. The van der Waals surface area contributed by atoms with E-state index in [1.165, 1.54) is 12.8 Å². The summed E-state index contributed by atoms with van der Waals surface area (Å²) in [5.74, 6) is 0.805. The Balaban J connectivity index is 2.30. The molecule has 0 spiro atoms.